The minimum atomic E-state index is -1.31. The van der Waals surface area contributed by atoms with E-state index < -0.39 is 6.37 Å². The van der Waals surface area contributed by atoms with Crippen molar-refractivity contribution in [2.75, 3.05) is 0 Å². The predicted octanol–water partition coefficient (Wildman–Crippen LogP) is 3.99. The predicted molar refractivity (Wildman–Crippen MR) is 81.1 cm³/mol. The summed E-state index contributed by atoms with van der Waals surface area (Å²) in [4.78, 5) is 0. The van der Waals surface area contributed by atoms with Gasteiger partial charge in [-0.05, 0) is 43.8 Å². The highest BCUT2D eigenvalue weighted by Crippen LogP contribution is 2.24. The Bertz CT molecular complexity index is 637. The van der Waals surface area contributed by atoms with Crippen molar-refractivity contribution >= 4 is 0 Å². The second-order valence-electron chi connectivity index (χ2n) is 5.49. The van der Waals surface area contributed by atoms with Gasteiger partial charge in [0.2, 0.25) is 5.69 Å². The van der Waals surface area contributed by atoms with Gasteiger partial charge < -0.3 is 0 Å². The molecule has 0 saturated heterocycles. The average Bonchev–Trinajstić information content (AvgIpc) is 2.39. The molecular formula is C18H24N+. The smallest absolute Gasteiger partial charge is 0.201 e. The van der Waals surface area contributed by atoms with E-state index >= 15 is 0 Å². The Balaban J connectivity index is 2.61. The standard InChI is InChI=1S/C18H24N/c1-13(2)10-16-11-15(4)18(19(5)12-16)17-9-7-6-8-14(17)3/h6-9,11-13H,10H2,1-5H3/q+1/i10D2. The summed E-state index contributed by atoms with van der Waals surface area (Å²) in [7, 11) is 1.99. The van der Waals surface area contributed by atoms with Crippen LogP contribution >= 0.6 is 0 Å². The second-order valence-corrected chi connectivity index (χ2v) is 5.49. The van der Waals surface area contributed by atoms with Gasteiger partial charge in [-0.3, -0.25) is 0 Å². The number of hydrogen-bond acceptors (Lipinski definition) is 0. The van der Waals surface area contributed by atoms with E-state index in [-0.39, 0.29) is 5.92 Å². The molecule has 0 radical (unpaired) electrons. The highest BCUT2D eigenvalue weighted by Gasteiger charge is 2.17. The first-order valence-electron chi connectivity index (χ1n) is 7.82. The summed E-state index contributed by atoms with van der Waals surface area (Å²) < 4.78 is 18.6. The van der Waals surface area contributed by atoms with E-state index in [1.807, 2.05) is 49.9 Å². The van der Waals surface area contributed by atoms with Crippen molar-refractivity contribution in [3.05, 3.63) is 53.2 Å². The van der Waals surface area contributed by atoms with Gasteiger partial charge in [-0.2, -0.15) is 0 Å². The molecule has 1 heteroatoms. The van der Waals surface area contributed by atoms with Crippen LogP contribution in [-0.2, 0) is 13.4 Å². The quantitative estimate of drug-likeness (QED) is 0.731. The van der Waals surface area contributed by atoms with Gasteiger partial charge in [0.15, 0.2) is 6.20 Å². The number of pyridine rings is 1. The first kappa shape index (κ1) is 11.2. The Kier molecular flexibility index (Phi) is 3.28. The number of aromatic nitrogens is 1. The molecule has 1 aromatic carbocycles. The summed E-state index contributed by atoms with van der Waals surface area (Å²) in [6.45, 7) is 8.01. The molecular weight excluding hydrogens is 230 g/mol. The average molecular weight is 256 g/mol. The maximum atomic E-state index is 8.29. The molecule has 1 nitrogen and oxygen atoms in total. The van der Waals surface area contributed by atoms with Crippen molar-refractivity contribution in [1.82, 2.24) is 0 Å². The van der Waals surface area contributed by atoms with Crippen LogP contribution in [0.3, 0.4) is 0 Å². The molecule has 1 heterocycles. The third-order valence-corrected chi connectivity index (χ3v) is 3.29. The topological polar surface area (TPSA) is 3.88 Å². The van der Waals surface area contributed by atoms with E-state index in [2.05, 4.69) is 26.0 Å². The first-order valence-corrected chi connectivity index (χ1v) is 6.82. The van der Waals surface area contributed by atoms with E-state index in [1.54, 1.807) is 0 Å². The largest absolute Gasteiger partial charge is 0.215 e. The summed E-state index contributed by atoms with van der Waals surface area (Å²) in [5.74, 6) is -0.0544. The minimum Gasteiger partial charge on any atom is -0.201 e. The SMILES string of the molecule is [2H]C([2H])(c1cc(C)c(-c2ccccc2C)[n+](C)c1)C(C)C. The van der Waals surface area contributed by atoms with Crippen molar-refractivity contribution < 1.29 is 7.31 Å². The molecule has 2 rings (SSSR count). The molecule has 0 N–H and O–H groups in total. The lowest BCUT2D eigenvalue weighted by Gasteiger charge is -2.10. The van der Waals surface area contributed by atoms with Crippen LogP contribution in [0.4, 0.5) is 0 Å². The van der Waals surface area contributed by atoms with Gasteiger partial charge >= 0.3 is 0 Å². The van der Waals surface area contributed by atoms with Gasteiger partial charge in [0.1, 0.15) is 7.05 Å². The number of rotatable bonds is 3. The molecule has 0 spiro atoms. The zero-order valence-electron chi connectivity index (χ0n) is 14.5. The monoisotopic (exact) mass is 256 g/mol. The van der Waals surface area contributed by atoms with E-state index in [0.29, 0.717) is 0 Å². The van der Waals surface area contributed by atoms with E-state index in [9.17, 15) is 0 Å². The Morgan fingerprint density at radius 1 is 1.16 bits per heavy atom. The zero-order chi connectivity index (χ0) is 15.8. The molecule has 19 heavy (non-hydrogen) atoms. The Morgan fingerprint density at radius 2 is 1.84 bits per heavy atom. The molecule has 0 bridgehead atoms. The van der Waals surface area contributed by atoms with Gasteiger partial charge in [0, 0.05) is 19.4 Å². The van der Waals surface area contributed by atoms with Gasteiger partial charge in [-0.15, -0.1) is 0 Å². The Hall–Kier alpha value is -1.63. The Labute approximate surface area is 119 Å². The lowest BCUT2D eigenvalue weighted by atomic mass is 9.98. The second kappa shape index (κ2) is 5.56. The summed E-state index contributed by atoms with van der Waals surface area (Å²) in [6, 6.07) is 10.3. The fourth-order valence-electron chi connectivity index (χ4n) is 2.54. The molecule has 0 amide bonds. The van der Waals surface area contributed by atoms with Gasteiger partial charge in [-0.25, -0.2) is 4.57 Å². The van der Waals surface area contributed by atoms with E-state index in [4.69, 9.17) is 2.74 Å². The van der Waals surface area contributed by atoms with E-state index in [1.165, 1.54) is 11.1 Å². The third kappa shape index (κ3) is 3.04. The number of nitrogens with zero attached hydrogens (tertiary/aromatic N) is 1. The fraction of sp³-hybridized carbons (Fsp3) is 0.389. The normalized spacial score (nSPS) is 13.4. The zero-order valence-corrected chi connectivity index (χ0v) is 12.5. The molecule has 100 valence electrons. The van der Waals surface area contributed by atoms with Crippen molar-refractivity contribution in [1.29, 1.82) is 0 Å². The molecule has 0 saturated carbocycles. The molecule has 0 aliphatic carbocycles. The van der Waals surface area contributed by atoms with Crippen molar-refractivity contribution in [2.24, 2.45) is 13.0 Å². The molecule has 0 unspecified atom stereocenters. The summed E-state index contributed by atoms with van der Waals surface area (Å²) in [5, 5.41) is 0. The highest BCUT2D eigenvalue weighted by atomic mass is 14.9. The highest BCUT2D eigenvalue weighted by molar-refractivity contribution is 5.63. The van der Waals surface area contributed by atoms with Gasteiger partial charge in [0.25, 0.3) is 0 Å². The van der Waals surface area contributed by atoms with Crippen molar-refractivity contribution in [3.8, 4) is 11.3 Å². The van der Waals surface area contributed by atoms with Crippen LogP contribution < -0.4 is 4.57 Å². The molecule has 0 aliphatic rings. The first-order chi connectivity index (χ1) is 9.75. The summed E-state index contributed by atoms with van der Waals surface area (Å²) in [6.07, 6.45) is 0.613. The maximum Gasteiger partial charge on any atom is 0.215 e. The fourth-order valence-corrected chi connectivity index (χ4v) is 2.54. The minimum absolute atomic E-state index is 0.0544. The van der Waals surface area contributed by atoms with Crippen LogP contribution in [0.1, 0.15) is 33.3 Å². The van der Waals surface area contributed by atoms with Crippen LogP contribution in [0.15, 0.2) is 36.5 Å². The molecule has 0 aliphatic heterocycles. The lowest BCUT2D eigenvalue weighted by molar-refractivity contribution is -0.661. The van der Waals surface area contributed by atoms with Gasteiger partial charge in [0.05, 0.1) is 0 Å². The summed E-state index contributed by atoms with van der Waals surface area (Å²) in [5.41, 5.74) is 5.44. The van der Waals surface area contributed by atoms with Crippen LogP contribution in [-0.4, -0.2) is 0 Å². The maximum absolute atomic E-state index is 8.29. The molecule has 2 aromatic rings. The third-order valence-electron chi connectivity index (χ3n) is 3.29. The van der Waals surface area contributed by atoms with Crippen LogP contribution in [0, 0.1) is 19.8 Å². The van der Waals surface area contributed by atoms with Crippen LogP contribution in [0.25, 0.3) is 11.3 Å². The molecule has 0 fully saturated rings. The van der Waals surface area contributed by atoms with Crippen molar-refractivity contribution in [2.45, 2.75) is 34.1 Å². The lowest BCUT2D eigenvalue weighted by Crippen LogP contribution is -2.32. The number of aryl methyl sites for hydroxylation is 3. The van der Waals surface area contributed by atoms with Crippen LogP contribution in [0.2, 0.25) is 0 Å². The summed E-state index contributed by atoms with van der Waals surface area (Å²) >= 11 is 0. The number of hydrogen-bond donors (Lipinski definition) is 0. The van der Waals surface area contributed by atoms with Gasteiger partial charge in [-0.1, -0.05) is 32.0 Å². The molecule has 0 atom stereocenters. The number of benzene rings is 1. The van der Waals surface area contributed by atoms with Crippen molar-refractivity contribution in [3.63, 3.8) is 0 Å². The van der Waals surface area contributed by atoms with E-state index in [0.717, 1.165) is 16.8 Å². The molecule has 1 aromatic heterocycles. The Morgan fingerprint density at radius 3 is 2.42 bits per heavy atom. The van der Waals surface area contributed by atoms with Crippen LogP contribution in [0.5, 0.6) is 0 Å².